The number of rotatable bonds is 7. The van der Waals surface area contributed by atoms with Gasteiger partial charge < -0.3 is 15.2 Å². The van der Waals surface area contributed by atoms with E-state index in [0.29, 0.717) is 29.3 Å². The molecule has 0 aliphatic carbocycles. The third-order valence-corrected chi connectivity index (χ3v) is 3.98. The number of hydrogen-bond acceptors (Lipinski definition) is 3. The zero-order valence-electron chi connectivity index (χ0n) is 12.4. The second-order valence-corrected chi connectivity index (χ2v) is 5.30. The number of aliphatic carboxylic acids is 1. The van der Waals surface area contributed by atoms with E-state index in [-0.39, 0.29) is 12.3 Å². The Kier molecular flexibility index (Phi) is 6.03. The Morgan fingerprint density at radius 3 is 2.43 bits per heavy atom. The highest BCUT2D eigenvalue weighted by molar-refractivity contribution is 6.31. The van der Waals surface area contributed by atoms with Crippen LogP contribution in [-0.4, -0.2) is 24.1 Å². The first-order valence-corrected chi connectivity index (χ1v) is 7.13. The molecule has 0 spiro atoms. The Morgan fingerprint density at radius 1 is 1.33 bits per heavy atom. The lowest BCUT2D eigenvalue weighted by Crippen LogP contribution is -2.34. The Balaban J connectivity index is 2.91. The number of amides is 1. The van der Waals surface area contributed by atoms with Gasteiger partial charge in [0.15, 0.2) is 0 Å². The molecule has 1 aromatic rings. The molecular weight excluding hydrogens is 294 g/mol. The van der Waals surface area contributed by atoms with Crippen LogP contribution in [-0.2, 0) is 9.59 Å². The van der Waals surface area contributed by atoms with Crippen molar-refractivity contribution in [2.45, 2.75) is 33.1 Å². The first-order valence-electron chi connectivity index (χ1n) is 6.75. The van der Waals surface area contributed by atoms with Crippen molar-refractivity contribution in [2.24, 2.45) is 5.41 Å². The van der Waals surface area contributed by atoms with Crippen molar-refractivity contribution in [3.8, 4) is 5.75 Å². The van der Waals surface area contributed by atoms with E-state index in [9.17, 15) is 14.7 Å². The van der Waals surface area contributed by atoms with Gasteiger partial charge in [-0.2, -0.15) is 0 Å². The fraction of sp³-hybridized carbons (Fsp3) is 0.467. The Labute approximate surface area is 129 Å². The van der Waals surface area contributed by atoms with Crippen LogP contribution in [0.2, 0.25) is 5.02 Å². The predicted octanol–water partition coefficient (Wildman–Crippen LogP) is 3.57. The fourth-order valence-electron chi connectivity index (χ4n) is 2.16. The van der Waals surface area contributed by atoms with Crippen LogP contribution in [0.15, 0.2) is 18.2 Å². The number of carboxylic acids is 1. The van der Waals surface area contributed by atoms with E-state index in [2.05, 4.69) is 5.32 Å². The molecule has 0 heterocycles. The highest BCUT2D eigenvalue weighted by Gasteiger charge is 2.37. The summed E-state index contributed by atoms with van der Waals surface area (Å²) in [5.74, 6) is -0.857. The lowest BCUT2D eigenvalue weighted by molar-refractivity contribution is -0.151. The number of nitrogens with one attached hydrogen (secondary N) is 1. The van der Waals surface area contributed by atoms with E-state index in [0.717, 1.165) is 0 Å². The van der Waals surface area contributed by atoms with Crippen molar-refractivity contribution in [1.29, 1.82) is 0 Å². The summed E-state index contributed by atoms with van der Waals surface area (Å²) >= 11 is 5.89. The van der Waals surface area contributed by atoms with E-state index in [4.69, 9.17) is 16.3 Å². The molecule has 0 saturated carbocycles. The minimum atomic E-state index is -1.05. The van der Waals surface area contributed by atoms with E-state index in [1.165, 1.54) is 7.11 Å². The maximum atomic E-state index is 12.2. The SMILES string of the molecule is CCC(CC)(CC(=O)Nc1cc(Cl)ccc1OC)C(=O)O. The first-order chi connectivity index (χ1) is 9.88. The molecule has 116 valence electrons. The summed E-state index contributed by atoms with van der Waals surface area (Å²) in [4.78, 5) is 23.6. The smallest absolute Gasteiger partial charge is 0.310 e. The number of hydrogen-bond donors (Lipinski definition) is 2. The molecule has 6 heteroatoms. The molecule has 0 radical (unpaired) electrons. The monoisotopic (exact) mass is 313 g/mol. The van der Waals surface area contributed by atoms with Crippen LogP contribution in [0.4, 0.5) is 5.69 Å². The van der Waals surface area contributed by atoms with Crippen molar-refractivity contribution in [3.05, 3.63) is 23.2 Å². The summed E-state index contributed by atoms with van der Waals surface area (Å²) in [5, 5.41) is 12.5. The molecular formula is C15H20ClNO4. The predicted molar refractivity (Wildman–Crippen MR) is 81.9 cm³/mol. The zero-order chi connectivity index (χ0) is 16.0. The number of carbonyl (C=O) groups is 2. The maximum absolute atomic E-state index is 12.2. The van der Waals surface area contributed by atoms with Crippen LogP contribution in [0.1, 0.15) is 33.1 Å². The van der Waals surface area contributed by atoms with E-state index in [1.807, 2.05) is 0 Å². The molecule has 0 aliphatic rings. The van der Waals surface area contributed by atoms with Crippen LogP contribution in [0, 0.1) is 5.41 Å². The van der Waals surface area contributed by atoms with Gasteiger partial charge in [0.25, 0.3) is 0 Å². The van der Waals surface area contributed by atoms with E-state index >= 15 is 0 Å². The summed E-state index contributed by atoms with van der Waals surface area (Å²) < 4.78 is 5.14. The average Bonchev–Trinajstić information content (AvgIpc) is 2.44. The summed E-state index contributed by atoms with van der Waals surface area (Å²) in [6, 6.07) is 4.86. The number of methoxy groups -OCH3 is 1. The van der Waals surface area contributed by atoms with Gasteiger partial charge in [0.2, 0.25) is 5.91 Å². The van der Waals surface area contributed by atoms with Crippen molar-refractivity contribution in [3.63, 3.8) is 0 Å². The second-order valence-electron chi connectivity index (χ2n) is 4.86. The Bertz CT molecular complexity index is 526. The summed E-state index contributed by atoms with van der Waals surface area (Å²) in [5.41, 5.74) is -0.614. The molecule has 1 amide bonds. The first kappa shape index (κ1) is 17.3. The Hall–Kier alpha value is -1.75. The lowest BCUT2D eigenvalue weighted by Gasteiger charge is -2.26. The molecule has 2 N–H and O–H groups in total. The van der Waals surface area contributed by atoms with Gasteiger partial charge in [-0.1, -0.05) is 25.4 Å². The number of halogens is 1. The molecule has 0 bridgehead atoms. The van der Waals surface area contributed by atoms with Gasteiger partial charge in [-0.15, -0.1) is 0 Å². The number of carboxylic acid groups (broad SMARTS) is 1. The molecule has 1 aromatic carbocycles. The normalized spacial score (nSPS) is 11.0. The van der Waals surface area contributed by atoms with Crippen molar-refractivity contribution in [1.82, 2.24) is 0 Å². The number of carbonyl (C=O) groups excluding carboxylic acids is 1. The fourth-order valence-corrected chi connectivity index (χ4v) is 2.33. The van der Waals surface area contributed by atoms with Gasteiger partial charge in [0.05, 0.1) is 18.2 Å². The summed E-state index contributed by atoms with van der Waals surface area (Å²) in [6.07, 6.45) is 0.683. The highest BCUT2D eigenvalue weighted by atomic mass is 35.5. The van der Waals surface area contributed by atoms with Gasteiger partial charge in [0.1, 0.15) is 5.75 Å². The zero-order valence-corrected chi connectivity index (χ0v) is 13.2. The summed E-state index contributed by atoms with van der Waals surface area (Å²) in [7, 11) is 1.48. The number of ether oxygens (including phenoxy) is 1. The molecule has 0 fully saturated rings. The average molecular weight is 314 g/mol. The second kappa shape index (κ2) is 7.31. The number of benzene rings is 1. The molecule has 0 saturated heterocycles. The number of anilines is 1. The minimum Gasteiger partial charge on any atom is -0.495 e. The highest BCUT2D eigenvalue weighted by Crippen LogP contribution is 2.33. The molecule has 21 heavy (non-hydrogen) atoms. The largest absolute Gasteiger partial charge is 0.495 e. The van der Waals surface area contributed by atoms with Gasteiger partial charge in [0, 0.05) is 11.4 Å². The Morgan fingerprint density at radius 2 is 1.95 bits per heavy atom. The standard InChI is InChI=1S/C15H20ClNO4/c1-4-15(5-2,14(19)20)9-13(18)17-11-8-10(16)6-7-12(11)21-3/h6-8H,4-5,9H2,1-3H3,(H,17,18)(H,19,20). The van der Waals surface area contributed by atoms with Crippen molar-refractivity contribution >= 4 is 29.2 Å². The molecule has 0 aliphatic heterocycles. The third-order valence-electron chi connectivity index (χ3n) is 3.74. The summed E-state index contributed by atoms with van der Waals surface area (Å²) in [6.45, 7) is 3.54. The van der Waals surface area contributed by atoms with Crippen LogP contribution >= 0.6 is 11.6 Å². The third kappa shape index (κ3) is 4.11. The lowest BCUT2D eigenvalue weighted by atomic mass is 9.79. The molecule has 1 rings (SSSR count). The van der Waals surface area contributed by atoms with Gasteiger partial charge in [-0.25, -0.2) is 0 Å². The van der Waals surface area contributed by atoms with Crippen molar-refractivity contribution < 1.29 is 19.4 Å². The molecule has 0 aromatic heterocycles. The van der Waals surface area contributed by atoms with E-state index in [1.54, 1.807) is 32.0 Å². The van der Waals surface area contributed by atoms with Crippen LogP contribution in [0.3, 0.4) is 0 Å². The van der Waals surface area contributed by atoms with Gasteiger partial charge in [-0.3, -0.25) is 9.59 Å². The molecule has 0 unspecified atom stereocenters. The quantitative estimate of drug-likeness (QED) is 0.807. The maximum Gasteiger partial charge on any atom is 0.310 e. The van der Waals surface area contributed by atoms with Crippen molar-refractivity contribution in [2.75, 3.05) is 12.4 Å². The topological polar surface area (TPSA) is 75.6 Å². The van der Waals surface area contributed by atoms with Crippen LogP contribution in [0.25, 0.3) is 0 Å². The van der Waals surface area contributed by atoms with Crippen LogP contribution in [0.5, 0.6) is 5.75 Å². The molecule has 5 nitrogen and oxygen atoms in total. The van der Waals surface area contributed by atoms with Crippen LogP contribution < -0.4 is 10.1 Å². The molecule has 0 atom stereocenters. The van der Waals surface area contributed by atoms with Gasteiger partial charge in [-0.05, 0) is 31.0 Å². The minimum absolute atomic E-state index is 0.0923. The van der Waals surface area contributed by atoms with Gasteiger partial charge >= 0.3 is 5.97 Å². The van der Waals surface area contributed by atoms with E-state index < -0.39 is 11.4 Å².